The number of benzene rings is 1. The van der Waals surface area contributed by atoms with Crippen LogP contribution < -0.4 is 10.6 Å². The van der Waals surface area contributed by atoms with E-state index in [9.17, 15) is 0 Å². The maximum atomic E-state index is 4.48. The SMILES string of the molecule is CC1CN=C(NC2CCN(Cc3ccccc3)CC2)N1. The van der Waals surface area contributed by atoms with E-state index in [-0.39, 0.29) is 0 Å². The van der Waals surface area contributed by atoms with Crippen molar-refractivity contribution in [2.24, 2.45) is 4.99 Å². The van der Waals surface area contributed by atoms with Gasteiger partial charge in [-0.25, -0.2) is 0 Å². The summed E-state index contributed by atoms with van der Waals surface area (Å²) in [6, 6.07) is 11.8. The molecule has 0 radical (unpaired) electrons. The average Bonchev–Trinajstić information content (AvgIpc) is 2.88. The number of nitrogens with zero attached hydrogens (tertiary/aromatic N) is 2. The van der Waals surface area contributed by atoms with Crippen LogP contribution in [0.5, 0.6) is 0 Å². The molecule has 1 saturated heterocycles. The molecule has 4 heteroatoms. The van der Waals surface area contributed by atoms with E-state index in [1.54, 1.807) is 0 Å². The Morgan fingerprint density at radius 3 is 2.65 bits per heavy atom. The van der Waals surface area contributed by atoms with Crippen LogP contribution in [0, 0.1) is 0 Å². The molecule has 0 spiro atoms. The maximum Gasteiger partial charge on any atom is 0.191 e. The first-order chi connectivity index (χ1) is 9.79. The van der Waals surface area contributed by atoms with Crippen LogP contribution in [0.15, 0.2) is 35.3 Å². The van der Waals surface area contributed by atoms with Crippen molar-refractivity contribution in [3.8, 4) is 0 Å². The lowest BCUT2D eigenvalue weighted by Crippen LogP contribution is -2.48. The number of likely N-dealkylation sites (tertiary alicyclic amines) is 1. The molecule has 0 amide bonds. The minimum atomic E-state index is 0.482. The molecule has 0 aromatic heterocycles. The second kappa shape index (κ2) is 6.27. The van der Waals surface area contributed by atoms with Gasteiger partial charge >= 0.3 is 0 Å². The summed E-state index contributed by atoms with van der Waals surface area (Å²) in [4.78, 5) is 7.02. The summed E-state index contributed by atoms with van der Waals surface area (Å²) in [5.41, 5.74) is 1.41. The van der Waals surface area contributed by atoms with Gasteiger partial charge in [-0.2, -0.15) is 0 Å². The number of rotatable bonds is 3. The Labute approximate surface area is 121 Å². The number of piperidine rings is 1. The van der Waals surface area contributed by atoms with Gasteiger partial charge in [-0.05, 0) is 25.3 Å². The molecule has 0 aliphatic carbocycles. The van der Waals surface area contributed by atoms with Crippen LogP contribution in [0.1, 0.15) is 25.3 Å². The second-order valence-electron chi connectivity index (χ2n) is 5.92. The maximum absolute atomic E-state index is 4.48. The first-order valence-electron chi connectivity index (χ1n) is 7.63. The summed E-state index contributed by atoms with van der Waals surface area (Å²) in [7, 11) is 0. The van der Waals surface area contributed by atoms with Crippen molar-refractivity contribution >= 4 is 5.96 Å². The predicted molar refractivity (Wildman–Crippen MR) is 82.8 cm³/mol. The number of hydrogen-bond donors (Lipinski definition) is 2. The van der Waals surface area contributed by atoms with Gasteiger partial charge in [-0.3, -0.25) is 9.89 Å². The van der Waals surface area contributed by atoms with Crippen molar-refractivity contribution in [3.05, 3.63) is 35.9 Å². The van der Waals surface area contributed by atoms with Gasteiger partial charge in [0.15, 0.2) is 5.96 Å². The van der Waals surface area contributed by atoms with Crippen molar-refractivity contribution in [2.45, 2.75) is 38.4 Å². The molecule has 2 aliphatic heterocycles. The van der Waals surface area contributed by atoms with Crippen molar-refractivity contribution in [2.75, 3.05) is 19.6 Å². The number of nitrogens with one attached hydrogen (secondary N) is 2. The largest absolute Gasteiger partial charge is 0.354 e. The van der Waals surface area contributed by atoms with E-state index in [1.165, 1.54) is 18.4 Å². The topological polar surface area (TPSA) is 39.7 Å². The molecule has 2 heterocycles. The fourth-order valence-electron chi connectivity index (χ4n) is 2.91. The van der Waals surface area contributed by atoms with E-state index in [4.69, 9.17) is 0 Å². The number of guanidine groups is 1. The van der Waals surface area contributed by atoms with Gasteiger partial charge < -0.3 is 10.6 Å². The van der Waals surface area contributed by atoms with Gasteiger partial charge in [0.1, 0.15) is 0 Å². The molecule has 0 bridgehead atoms. The third-order valence-electron chi connectivity index (χ3n) is 4.08. The molecule has 1 fully saturated rings. The minimum absolute atomic E-state index is 0.482. The summed E-state index contributed by atoms with van der Waals surface area (Å²) in [5, 5.41) is 6.92. The zero-order chi connectivity index (χ0) is 13.8. The highest BCUT2D eigenvalue weighted by Gasteiger charge is 2.21. The van der Waals surface area contributed by atoms with Crippen LogP contribution >= 0.6 is 0 Å². The number of hydrogen-bond acceptors (Lipinski definition) is 4. The molecule has 1 aromatic carbocycles. The van der Waals surface area contributed by atoms with Gasteiger partial charge in [-0.1, -0.05) is 30.3 Å². The molecule has 1 unspecified atom stereocenters. The molecule has 4 nitrogen and oxygen atoms in total. The molecule has 20 heavy (non-hydrogen) atoms. The molecule has 0 saturated carbocycles. The van der Waals surface area contributed by atoms with E-state index in [2.05, 4.69) is 57.8 Å². The van der Waals surface area contributed by atoms with Crippen LogP contribution in [-0.2, 0) is 6.54 Å². The standard InChI is InChI=1S/C16H24N4/c1-13-11-17-16(18-13)19-15-7-9-20(10-8-15)12-14-5-3-2-4-6-14/h2-6,13,15H,7-12H2,1H3,(H2,17,18,19). The molecule has 2 aliphatic rings. The highest BCUT2D eigenvalue weighted by Crippen LogP contribution is 2.14. The van der Waals surface area contributed by atoms with Crippen molar-refractivity contribution in [3.63, 3.8) is 0 Å². The third-order valence-corrected chi connectivity index (χ3v) is 4.08. The van der Waals surface area contributed by atoms with Crippen LogP contribution in [0.3, 0.4) is 0 Å². The van der Waals surface area contributed by atoms with Gasteiger partial charge in [0.2, 0.25) is 0 Å². The molecule has 2 N–H and O–H groups in total. The van der Waals surface area contributed by atoms with Crippen LogP contribution in [-0.4, -0.2) is 42.6 Å². The van der Waals surface area contributed by atoms with Crippen molar-refractivity contribution in [1.29, 1.82) is 0 Å². The van der Waals surface area contributed by atoms with Gasteiger partial charge in [-0.15, -0.1) is 0 Å². The van der Waals surface area contributed by atoms with Gasteiger partial charge in [0.05, 0.1) is 6.54 Å². The van der Waals surface area contributed by atoms with E-state index >= 15 is 0 Å². The Kier molecular flexibility index (Phi) is 4.21. The predicted octanol–water partition coefficient (Wildman–Crippen LogP) is 1.59. The lowest BCUT2D eigenvalue weighted by Gasteiger charge is -2.32. The highest BCUT2D eigenvalue weighted by atomic mass is 15.3. The Morgan fingerprint density at radius 2 is 2.00 bits per heavy atom. The molecular weight excluding hydrogens is 248 g/mol. The minimum Gasteiger partial charge on any atom is -0.354 e. The molecular formula is C16H24N4. The molecule has 3 rings (SSSR count). The Hall–Kier alpha value is -1.55. The second-order valence-corrected chi connectivity index (χ2v) is 5.92. The summed E-state index contributed by atoms with van der Waals surface area (Å²) in [5.74, 6) is 0.999. The third kappa shape index (κ3) is 3.51. The normalized spacial score (nSPS) is 24.2. The van der Waals surface area contributed by atoms with Crippen LogP contribution in [0.25, 0.3) is 0 Å². The van der Waals surface area contributed by atoms with Gasteiger partial charge in [0.25, 0.3) is 0 Å². The fraction of sp³-hybridized carbons (Fsp3) is 0.562. The Morgan fingerprint density at radius 1 is 1.25 bits per heavy atom. The van der Waals surface area contributed by atoms with E-state index in [0.717, 1.165) is 32.1 Å². The summed E-state index contributed by atoms with van der Waals surface area (Å²) >= 11 is 0. The van der Waals surface area contributed by atoms with E-state index in [0.29, 0.717) is 12.1 Å². The summed E-state index contributed by atoms with van der Waals surface area (Å²) in [6.45, 7) is 6.46. The summed E-state index contributed by atoms with van der Waals surface area (Å²) in [6.07, 6.45) is 2.39. The van der Waals surface area contributed by atoms with E-state index in [1.807, 2.05) is 0 Å². The smallest absolute Gasteiger partial charge is 0.191 e. The number of aliphatic imine (C=N–C) groups is 1. The van der Waals surface area contributed by atoms with E-state index < -0.39 is 0 Å². The summed E-state index contributed by atoms with van der Waals surface area (Å²) < 4.78 is 0. The molecule has 108 valence electrons. The average molecular weight is 272 g/mol. The first-order valence-corrected chi connectivity index (χ1v) is 7.63. The monoisotopic (exact) mass is 272 g/mol. The van der Waals surface area contributed by atoms with Crippen molar-refractivity contribution in [1.82, 2.24) is 15.5 Å². The quantitative estimate of drug-likeness (QED) is 0.878. The Bertz CT molecular complexity index is 449. The van der Waals surface area contributed by atoms with Crippen LogP contribution in [0.2, 0.25) is 0 Å². The lowest BCUT2D eigenvalue weighted by atomic mass is 10.0. The zero-order valence-electron chi connectivity index (χ0n) is 12.2. The van der Waals surface area contributed by atoms with Gasteiger partial charge in [0, 0.05) is 31.7 Å². The molecule has 1 atom stereocenters. The molecule has 1 aromatic rings. The first kappa shape index (κ1) is 13.4. The Balaban J connectivity index is 1.43. The fourth-order valence-corrected chi connectivity index (χ4v) is 2.91. The zero-order valence-corrected chi connectivity index (χ0v) is 12.2. The van der Waals surface area contributed by atoms with Crippen LogP contribution in [0.4, 0.5) is 0 Å². The lowest BCUT2D eigenvalue weighted by molar-refractivity contribution is 0.198. The highest BCUT2D eigenvalue weighted by molar-refractivity contribution is 5.82. The van der Waals surface area contributed by atoms with Crippen molar-refractivity contribution < 1.29 is 0 Å².